The maximum Gasteiger partial charge on any atom is 0.343 e. The quantitative estimate of drug-likeness (QED) is 0.0194. The van der Waals surface area contributed by atoms with Crippen LogP contribution in [-0.2, 0) is 143 Å². The molecule has 6 aromatic rings. The first-order valence-electron chi connectivity index (χ1n) is 45.7. The van der Waals surface area contributed by atoms with Gasteiger partial charge in [-0.15, -0.1) is 5.10 Å². The zero-order valence-corrected chi connectivity index (χ0v) is 75.9. The fourth-order valence-electron chi connectivity index (χ4n) is 17.6. The Morgan fingerprint density at radius 3 is 1.72 bits per heavy atom. The number of unbranched alkanes of at least 4 members (excludes halogenated alkanes) is 1. The smallest absolute Gasteiger partial charge is 0.343 e. The number of hydrogen-bond acceptors (Lipinski definition) is 28. The number of pyridine rings is 2. The van der Waals surface area contributed by atoms with Crippen LogP contribution >= 0.6 is 0 Å². The Hall–Kier alpha value is -9.75. The number of aliphatic hydroxyl groups is 1. The number of cyclic esters (lactones) is 1. The average molecular weight is 1830 g/mol. The number of fused-ring (bicyclic) bond motifs is 10. The summed E-state index contributed by atoms with van der Waals surface area (Å²) in [5.74, 6) is -4.12. The number of rotatable bonds is 61. The first-order valence-corrected chi connectivity index (χ1v) is 45.7. The van der Waals surface area contributed by atoms with Gasteiger partial charge in [0, 0.05) is 73.1 Å². The second-order valence-corrected chi connectivity index (χ2v) is 33.9. The normalized spacial score (nSPS) is 18.2. The third-order valence-electron chi connectivity index (χ3n) is 24.5. The number of hydrogen-bond donors (Lipinski definition) is 8. The van der Waals surface area contributed by atoms with Gasteiger partial charge in [-0.1, -0.05) is 68.4 Å². The van der Waals surface area contributed by atoms with Crippen molar-refractivity contribution >= 4 is 63.9 Å². The minimum Gasteiger partial charge on any atom is -0.458 e. The third kappa shape index (κ3) is 26.4. The summed E-state index contributed by atoms with van der Waals surface area (Å²) >= 11 is 0. The van der Waals surface area contributed by atoms with E-state index in [1.807, 2.05) is 55.6 Å². The SMILES string of the molecule is CCC1(O)C(=O)OCc2c1cc1n(c2=O)Cc2c-1nc1cc(F)c(C)c3c1c2C(NC(=O)CNC(=O)C(CCCCN)NC(=O)C(NC(=O)CCOCCOCCOCCOCCOCCOCCOCCOCCOCCOCCOCCOCCOCCC(=O)NCC12CC(C(=O)NCCC(=O)N4Cc5ccccc5-c5nnn(C)c5-c5ccccc54)(C1)C2)C(C)C)CC3. The largest absolute Gasteiger partial charge is 0.458 e. The molecule has 6 heterocycles. The standard InChI is InChI=1S/C93H128FN13O24/c1-6-93(117)69-51-75-83-67(55-107(75)88(114)68(69)56-131-90(93)116)81-71(19-18-64-62(4)70(94)52-73(100-83)80(64)81)99-78(110)53-97-86(112)72(16-11-12-23-95)101-87(113)82(61(2)3)102-77(109)22-26-119-28-30-121-32-34-123-36-38-125-40-42-127-44-46-129-48-50-130-49-47-128-45-43-126-41-39-124-37-35-122-33-31-120-29-27-118-25-21-76(108)98-60-91-57-92(58-91,59-91)89(115)96-24-20-79(111)106-54-63-13-7-8-14-65(63)84-85(105(5)104-103-84)66-15-9-10-17-74(66)106/h7-10,13-15,17,51-52,61,71-72,82,117H,6,11-12,16,18-50,53-60,95H2,1-5H3,(H,96,115)(H,97,112)(H,98,108)(H,99,110)(H,101,113)(H,102,109). The van der Waals surface area contributed by atoms with Crippen LogP contribution in [0.1, 0.15) is 136 Å². The van der Waals surface area contributed by atoms with Crippen LogP contribution in [0.5, 0.6) is 0 Å². The van der Waals surface area contributed by atoms with E-state index in [0.29, 0.717) is 249 Å². The summed E-state index contributed by atoms with van der Waals surface area (Å²) in [6.45, 7) is 17.2. The molecule has 3 aromatic carbocycles. The van der Waals surface area contributed by atoms with Crippen LogP contribution in [0, 0.1) is 29.5 Å². The first-order chi connectivity index (χ1) is 63.6. The topological polar surface area (TPSA) is 453 Å². The lowest BCUT2D eigenvalue weighted by Gasteiger charge is -2.69. The molecule has 4 unspecified atom stereocenters. The summed E-state index contributed by atoms with van der Waals surface area (Å²) < 4.78 is 96.5. The van der Waals surface area contributed by atoms with Gasteiger partial charge in [0.15, 0.2) is 5.60 Å². The zero-order valence-electron chi connectivity index (χ0n) is 75.9. The molecule has 3 aliphatic heterocycles. The maximum atomic E-state index is 15.5. The van der Waals surface area contributed by atoms with Crippen LogP contribution in [0.2, 0.25) is 0 Å². The minimum absolute atomic E-state index is 0.0316. The number of aromatic nitrogens is 5. The Labute approximate surface area is 761 Å². The maximum absolute atomic E-state index is 15.5. The number of nitrogens with two attached hydrogens (primary N) is 1. The van der Waals surface area contributed by atoms with E-state index in [4.69, 9.17) is 77.0 Å². The van der Waals surface area contributed by atoms with Gasteiger partial charge < -0.3 is 119 Å². The van der Waals surface area contributed by atoms with Crippen molar-refractivity contribution in [2.45, 2.75) is 148 Å². The number of para-hydroxylation sites is 1. The molecule has 2 bridgehead atoms. The van der Waals surface area contributed by atoms with Gasteiger partial charge in [0.05, 0.1) is 237 Å². The molecular weight excluding hydrogens is 1700 g/mol. The van der Waals surface area contributed by atoms with Crippen LogP contribution in [0.3, 0.4) is 0 Å². The van der Waals surface area contributed by atoms with Crippen molar-refractivity contribution in [1.29, 1.82) is 0 Å². The van der Waals surface area contributed by atoms with Gasteiger partial charge in [-0.3, -0.25) is 38.4 Å². The summed E-state index contributed by atoms with van der Waals surface area (Å²) in [5, 5.41) is 38.3. The number of benzene rings is 3. The molecule has 3 saturated carbocycles. The molecule has 7 aliphatic rings. The van der Waals surface area contributed by atoms with Crippen LogP contribution in [-0.4, -0.2) is 287 Å². The molecule has 3 aromatic heterocycles. The number of esters is 1. The predicted molar refractivity (Wildman–Crippen MR) is 475 cm³/mol. The van der Waals surface area contributed by atoms with Gasteiger partial charge in [0.25, 0.3) is 5.56 Å². The Morgan fingerprint density at radius 2 is 1.16 bits per heavy atom. The lowest BCUT2D eigenvalue weighted by molar-refractivity contribution is -0.205. The van der Waals surface area contributed by atoms with Crippen LogP contribution in [0.4, 0.5) is 10.1 Å². The summed E-state index contributed by atoms with van der Waals surface area (Å²) in [7, 11) is 1.85. The van der Waals surface area contributed by atoms with E-state index in [9.17, 15) is 48.3 Å². The number of anilines is 1. The van der Waals surface area contributed by atoms with Crippen molar-refractivity contribution in [1.82, 2.24) is 56.4 Å². The monoisotopic (exact) mass is 1830 g/mol. The van der Waals surface area contributed by atoms with Crippen molar-refractivity contribution in [2.75, 3.05) is 203 Å². The van der Waals surface area contributed by atoms with E-state index in [-0.39, 0.29) is 118 Å². The molecule has 13 rings (SSSR count). The highest BCUT2D eigenvalue weighted by Gasteiger charge is 2.71. The van der Waals surface area contributed by atoms with Crippen molar-refractivity contribution < 1.29 is 114 Å². The lowest BCUT2D eigenvalue weighted by Crippen LogP contribution is -2.70. The molecule has 9 N–H and O–H groups in total. The number of carbonyl (C=O) groups excluding carboxylic acids is 8. The van der Waals surface area contributed by atoms with E-state index < -0.39 is 76.7 Å². The van der Waals surface area contributed by atoms with Gasteiger partial charge in [0.1, 0.15) is 30.2 Å². The first kappa shape index (κ1) is 100. The molecule has 131 heavy (non-hydrogen) atoms. The summed E-state index contributed by atoms with van der Waals surface area (Å²) in [6, 6.07) is 15.9. The Bertz CT molecular complexity index is 4920. The van der Waals surface area contributed by atoms with E-state index >= 15 is 4.39 Å². The minimum atomic E-state index is -2.06. The van der Waals surface area contributed by atoms with E-state index in [1.165, 1.54) is 10.6 Å². The molecule has 3 fully saturated rings. The number of ether oxygens (including phenoxy) is 14. The molecule has 0 saturated heterocycles. The van der Waals surface area contributed by atoms with Crippen LogP contribution in [0.25, 0.3) is 44.8 Å². The summed E-state index contributed by atoms with van der Waals surface area (Å²) in [4.78, 5) is 128. The highest BCUT2D eigenvalue weighted by atomic mass is 19.1. The van der Waals surface area contributed by atoms with Crippen molar-refractivity contribution in [2.24, 2.45) is 29.5 Å². The van der Waals surface area contributed by atoms with Crippen molar-refractivity contribution in [3.63, 3.8) is 0 Å². The number of amides is 7. The van der Waals surface area contributed by atoms with Gasteiger partial charge in [0.2, 0.25) is 41.4 Å². The molecule has 0 spiro atoms. The molecular formula is C93H128FN13O24. The summed E-state index contributed by atoms with van der Waals surface area (Å²) in [5.41, 5.74) is 11.6. The van der Waals surface area contributed by atoms with Crippen molar-refractivity contribution in [3.8, 4) is 33.9 Å². The van der Waals surface area contributed by atoms with Gasteiger partial charge in [-0.25, -0.2) is 18.9 Å². The fourth-order valence-corrected chi connectivity index (χ4v) is 17.6. The molecule has 716 valence electrons. The highest BCUT2D eigenvalue weighted by Crippen LogP contribution is 2.73. The van der Waals surface area contributed by atoms with E-state index in [1.54, 1.807) is 43.3 Å². The Balaban J connectivity index is 0.392. The second-order valence-electron chi connectivity index (χ2n) is 33.9. The highest BCUT2D eigenvalue weighted by molar-refractivity contribution is 6.01. The third-order valence-corrected chi connectivity index (χ3v) is 24.5. The number of halogens is 1. The summed E-state index contributed by atoms with van der Waals surface area (Å²) in [6.07, 6.45) is 4.39. The van der Waals surface area contributed by atoms with E-state index in [2.05, 4.69) is 42.2 Å². The molecule has 7 amide bonds. The lowest BCUT2D eigenvalue weighted by atomic mass is 9.35. The number of aryl methyl sites for hydroxylation is 2. The Kier molecular flexibility index (Phi) is 38.1. The molecule has 0 radical (unpaired) electrons. The number of carbonyl (C=O) groups is 8. The molecule has 37 nitrogen and oxygen atoms in total. The van der Waals surface area contributed by atoms with Gasteiger partial charge >= 0.3 is 5.97 Å². The second kappa shape index (κ2) is 49.8. The van der Waals surface area contributed by atoms with E-state index in [0.717, 1.165) is 39.3 Å². The van der Waals surface area contributed by atoms with Crippen LogP contribution < -0.4 is 48.1 Å². The molecule has 38 heteroatoms. The molecule has 4 aliphatic carbocycles. The zero-order chi connectivity index (χ0) is 92.7. The fraction of sp³-hybridized carbons (Fsp3) is 0.613. The average Bonchev–Trinajstić information content (AvgIpc) is 1.20. The molecule has 4 atom stereocenters. The van der Waals surface area contributed by atoms with Crippen molar-refractivity contribution in [3.05, 3.63) is 116 Å². The van der Waals surface area contributed by atoms with Gasteiger partial charge in [-0.2, -0.15) is 0 Å². The van der Waals surface area contributed by atoms with Gasteiger partial charge in [-0.05, 0) is 117 Å². The number of nitrogens with zero attached hydrogens (tertiary/aromatic N) is 6. The predicted octanol–water partition coefficient (Wildman–Crippen LogP) is 4.30. The Morgan fingerprint density at radius 1 is 0.618 bits per heavy atom. The number of nitrogens with one attached hydrogen (secondary N) is 6. The van der Waals surface area contributed by atoms with Crippen LogP contribution in [0.15, 0.2) is 65.5 Å².